The highest BCUT2D eigenvalue weighted by Gasteiger charge is 2.41. The first-order valence-electron chi connectivity index (χ1n) is 15.1. The van der Waals surface area contributed by atoms with Crippen molar-refractivity contribution in [3.63, 3.8) is 0 Å². The summed E-state index contributed by atoms with van der Waals surface area (Å²) in [5.74, 6) is 8.50. The van der Waals surface area contributed by atoms with Crippen molar-refractivity contribution in [3.8, 4) is 29.1 Å². The van der Waals surface area contributed by atoms with Crippen LogP contribution in [-0.2, 0) is 32.4 Å². The van der Waals surface area contributed by atoms with E-state index in [1.165, 1.54) is 17.5 Å². The van der Waals surface area contributed by atoms with Gasteiger partial charge in [-0.1, -0.05) is 5.92 Å². The van der Waals surface area contributed by atoms with Crippen molar-refractivity contribution < 1.29 is 36.6 Å². The summed E-state index contributed by atoms with van der Waals surface area (Å²) in [6.45, 7) is 5.50. The van der Waals surface area contributed by atoms with Crippen molar-refractivity contribution in [2.75, 3.05) is 45.5 Å². The van der Waals surface area contributed by atoms with E-state index in [1.807, 2.05) is 19.1 Å². The first-order chi connectivity index (χ1) is 22.0. The predicted molar refractivity (Wildman–Crippen MR) is 178 cm³/mol. The van der Waals surface area contributed by atoms with Gasteiger partial charge in [0.2, 0.25) is 21.7 Å². The first kappa shape index (κ1) is 31.4. The molecule has 0 spiro atoms. The van der Waals surface area contributed by atoms with E-state index in [1.54, 1.807) is 35.4 Å². The van der Waals surface area contributed by atoms with Gasteiger partial charge in [-0.15, -0.1) is 5.92 Å². The van der Waals surface area contributed by atoms with Crippen molar-refractivity contribution in [2.24, 2.45) is 0 Å². The third-order valence-electron chi connectivity index (χ3n) is 9.08. The zero-order chi connectivity index (χ0) is 33.1. The molecule has 0 unspecified atom stereocenters. The van der Waals surface area contributed by atoms with Gasteiger partial charge < -0.3 is 28.7 Å². The normalized spacial score (nSPS) is 17.0. The van der Waals surface area contributed by atoms with Crippen LogP contribution in [0.25, 0.3) is 27.9 Å². The third-order valence-corrected chi connectivity index (χ3v) is 10.3. The number of nitrogens with zero attached hydrogens (tertiary/aromatic N) is 1. The molecular formula is C35H38N2O8S. The van der Waals surface area contributed by atoms with Gasteiger partial charge in [-0.3, -0.25) is 9.10 Å². The van der Waals surface area contributed by atoms with Crippen LogP contribution in [-0.4, -0.2) is 61.6 Å². The average Bonchev–Trinajstić information content (AvgIpc) is 3.55. The van der Waals surface area contributed by atoms with E-state index in [-0.39, 0.29) is 12.5 Å². The van der Waals surface area contributed by atoms with Gasteiger partial charge in [0.15, 0.2) is 23.0 Å². The number of furan rings is 1. The van der Waals surface area contributed by atoms with Gasteiger partial charge in [-0.2, -0.15) is 0 Å². The number of aryl methyl sites for hydroxylation is 2. The summed E-state index contributed by atoms with van der Waals surface area (Å²) in [4.78, 5) is 12.8. The summed E-state index contributed by atoms with van der Waals surface area (Å²) >= 11 is 0. The SMILES string of the molecule is CC#Cc1c2c(c3c4c(oc3c1C)C(OC)=CCC1=C4[C@@H](NC(C)=O)CCc3cc(OC)c(OC)c(OC)c31)N(S(C)(=O)=O)CC2. The summed E-state index contributed by atoms with van der Waals surface area (Å²) in [5, 5.41) is 3.86. The average molecular weight is 647 g/mol. The second-order valence-corrected chi connectivity index (χ2v) is 13.5. The van der Waals surface area contributed by atoms with Gasteiger partial charge in [0.1, 0.15) is 5.58 Å². The molecule has 0 fully saturated rings. The van der Waals surface area contributed by atoms with E-state index in [0.717, 1.165) is 39.0 Å². The fourth-order valence-electron chi connectivity index (χ4n) is 7.34. The van der Waals surface area contributed by atoms with Crippen molar-refractivity contribution >= 4 is 49.5 Å². The Hall–Kier alpha value is -4.56. The number of benzene rings is 2. The van der Waals surface area contributed by atoms with E-state index in [9.17, 15) is 13.2 Å². The molecule has 2 aromatic carbocycles. The smallest absolute Gasteiger partial charge is 0.232 e. The molecule has 0 saturated carbocycles. The van der Waals surface area contributed by atoms with Crippen molar-refractivity contribution in [2.45, 2.75) is 52.5 Å². The lowest BCUT2D eigenvalue weighted by Gasteiger charge is -2.25. The second kappa shape index (κ2) is 11.7. The van der Waals surface area contributed by atoms with E-state index in [2.05, 4.69) is 17.2 Å². The maximum absolute atomic E-state index is 13.3. The number of fused-ring (bicyclic) bond motifs is 8. The van der Waals surface area contributed by atoms with Gasteiger partial charge in [-0.25, -0.2) is 8.42 Å². The number of carbonyl (C=O) groups excluding carboxylic acids is 1. The van der Waals surface area contributed by atoms with Crippen LogP contribution in [0.4, 0.5) is 5.69 Å². The predicted octanol–water partition coefficient (Wildman–Crippen LogP) is 5.21. The molecule has 46 heavy (non-hydrogen) atoms. The monoisotopic (exact) mass is 646 g/mol. The molecule has 1 N–H and O–H groups in total. The first-order valence-corrected chi connectivity index (χ1v) is 16.9. The Bertz CT molecular complexity index is 2040. The standard InChI is InChI=1S/C35H38N2O8S/c1-9-10-21-18(2)32-30(31-22(21)15-16-37(31)46(8,39)40)29-28-23(12-14-25(41-4)33(29)45-32)27-20(11-13-24(28)36-19(3)38)17-26(42-5)34(43-6)35(27)44-7/h14,17,24H,11-13,15-16H2,1-8H3,(H,36,38)/t24-/m0/s1. The highest BCUT2D eigenvalue weighted by molar-refractivity contribution is 7.92. The number of sulfonamides is 1. The molecule has 242 valence electrons. The highest BCUT2D eigenvalue weighted by atomic mass is 32.2. The number of nitrogens with one attached hydrogen (secondary N) is 1. The molecule has 1 amide bonds. The van der Waals surface area contributed by atoms with Gasteiger partial charge in [0.05, 0.1) is 51.8 Å². The molecule has 2 aliphatic carbocycles. The number of allylic oxidation sites excluding steroid dienone is 2. The van der Waals surface area contributed by atoms with Crippen molar-refractivity contribution in [1.82, 2.24) is 5.32 Å². The van der Waals surface area contributed by atoms with Crippen LogP contribution in [0.3, 0.4) is 0 Å². The molecule has 10 nitrogen and oxygen atoms in total. The molecule has 3 aromatic rings. The number of ether oxygens (including phenoxy) is 4. The van der Waals surface area contributed by atoms with E-state index < -0.39 is 16.1 Å². The zero-order valence-corrected chi connectivity index (χ0v) is 28.2. The van der Waals surface area contributed by atoms with Crippen LogP contribution < -0.4 is 23.8 Å². The number of methoxy groups -OCH3 is 4. The summed E-state index contributed by atoms with van der Waals surface area (Å²) < 4.78 is 58.3. The number of rotatable bonds is 6. The maximum Gasteiger partial charge on any atom is 0.232 e. The van der Waals surface area contributed by atoms with E-state index in [4.69, 9.17) is 23.4 Å². The number of hydrogen-bond donors (Lipinski definition) is 1. The Balaban J connectivity index is 1.85. The molecule has 1 aromatic heterocycles. The minimum Gasteiger partial charge on any atom is -0.493 e. The minimum atomic E-state index is -3.67. The van der Waals surface area contributed by atoms with Crippen LogP contribution in [0.1, 0.15) is 65.8 Å². The Morgan fingerprint density at radius 3 is 2.41 bits per heavy atom. The summed E-state index contributed by atoms with van der Waals surface area (Å²) in [6.07, 6.45) is 5.24. The van der Waals surface area contributed by atoms with Crippen LogP contribution in [0.15, 0.2) is 16.6 Å². The molecule has 0 bridgehead atoms. The Morgan fingerprint density at radius 1 is 1.07 bits per heavy atom. The fraction of sp³-hybridized carbons (Fsp3) is 0.400. The molecule has 1 aliphatic heterocycles. The van der Waals surface area contributed by atoms with Crippen LogP contribution >= 0.6 is 0 Å². The van der Waals surface area contributed by atoms with Gasteiger partial charge in [0.25, 0.3) is 0 Å². The van der Waals surface area contributed by atoms with Gasteiger partial charge >= 0.3 is 0 Å². The third kappa shape index (κ3) is 4.69. The molecule has 1 atom stereocenters. The van der Waals surface area contributed by atoms with Crippen molar-refractivity contribution in [3.05, 3.63) is 51.3 Å². The number of amides is 1. The lowest BCUT2D eigenvalue weighted by molar-refractivity contribution is -0.119. The van der Waals surface area contributed by atoms with E-state index in [0.29, 0.717) is 76.7 Å². The lowest BCUT2D eigenvalue weighted by atomic mass is 9.86. The van der Waals surface area contributed by atoms with Crippen LogP contribution in [0, 0.1) is 18.8 Å². The topological polar surface area (TPSA) is 117 Å². The van der Waals surface area contributed by atoms with E-state index >= 15 is 0 Å². The van der Waals surface area contributed by atoms with Crippen LogP contribution in [0.5, 0.6) is 17.2 Å². The lowest BCUT2D eigenvalue weighted by Crippen LogP contribution is -2.34. The van der Waals surface area contributed by atoms with Gasteiger partial charge in [0, 0.05) is 35.7 Å². The molecule has 2 heterocycles. The molecular weight excluding hydrogens is 608 g/mol. The quantitative estimate of drug-likeness (QED) is 0.363. The number of anilines is 1. The second-order valence-electron chi connectivity index (χ2n) is 11.6. The number of carbonyl (C=O) groups is 1. The fourth-order valence-corrected chi connectivity index (χ4v) is 8.30. The molecule has 3 aliphatic rings. The van der Waals surface area contributed by atoms with Crippen LogP contribution in [0.2, 0.25) is 0 Å². The Morgan fingerprint density at radius 2 is 1.80 bits per heavy atom. The number of hydrogen-bond acceptors (Lipinski definition) is 8. The van der Waals surface area contributed by atoms with Crippen molar-refractivity contribution in [1.29, 1.82) is 0 Å². The summed E-state index contributed by atoms with van der Waals surface area (Å²) in [6, 6.07) is 1.51. The molecule has 0 radical (unpaired) electrons. The zero-order valence-electron chi connectivity index (χ0n) is 27.4. The minimum absolute atomic E-state index is 0.192. The van der Waals surface area contributed by atoms with Gasteiger partial charge in [-0.05, 0) is 73.9 Å². The Labute approximate surface area is 269 Å². The Kier molecular flexibility index (Phi) is 7.97. The largest absolute Gasteiger partial charge is 0.493 e. The molecule has 11 heteroatoms. The maximum atomic E-state index is 13.3. The molecule has 6 rings (SSSR count). The summed E-state index contributed by atoms with van der Waals surface area (Å²) in [5.41, 5.74) is 7.71. The summed E-state index contributed by atoms with van der Waals surface area (Å²) in [7, 11) is 2.66. The molecule has 0 saturated heterocycles. The highest BCUT2D eigenvalue weighted by Crippen LogP contribution is 2.55.